The summed E-state index contributed by atoms with van der Waals surface area (Å²) in [6, 6.07) is 11.2. The van der Waals surface area contributed by atoms with E-state index in [9.17, 15) is 13.2 Å². The van der Waals surface area contributed by atoms with E-state index in [1.807, 2.05) is 13.8 Å². The average Bonchev–Trinajstić information content (AvgIpc) is 2.60. The van der Waals surface area contributed by atoms with Gasteiger partial charge in [0.2, 0.25) is 0 Å². The van der Waals surface area contributed by atoms with Crippen molar-refractivity contribution in [2.24, 2.45) is 0 Å². The monoisotopic (exact) mass is 410 g/mol. The van der Waals surface area contributed by atoms with E-state index in [2.05, 4.69) is 10.0 Å². The quantitative estimate of drug-likeness (QED) is 0.682. The molecule has 2 N–H and O–H groups in total. The molecule has 146 valence electrons. The van der Waals surface area contributed by atoms with Crippen molar-refractivity contribution in [3.63, 3.8) is 0 Å². The van der Waals surface area contributed by atoms with E-state index >= 15 is 0 Å². The summed E-state index contributed by atoms with van der Waals surface area (Å²) in [5, 5.41) is 3.14. The Bertz CT molecular complexity index is 916. The summed E-state index contributed by atoms with van der Waals surface area (Å²) in [5.41, 5.74) is 1.30. The van der Waals surface area contributed by atoms with Gasteiger partial charge in [0.05, 0.1) is 10.6 Å². The number of halogens is 1. The molecule has 0 saturated heterocycles. The second-order valence-corrected chi connectivity index (χ2v) is 8.02. The van der Waals surface area contributed by atoms with Crippen molar-refractivity contribution in [2.75, 3.05) is 16.6 Å². The molecular weight excluding hydrogens is 388 g/mol. The molecule has 2 rings (SSSR count). The van der Waals surface area contributed by atoms with Crippen LogP contribution < -0.4 is 10.0 Å². The van der Waals surface area contributed by atoms with Gasteiger partial charge in [0.25, 0.3) is 15.9 Å². The molecule has 0 aliphatic heterocycles. The number of carbonyl (C=O) groups is 1. The van der Waals surface area contributed by atoms with Crippen LogP contribution in [0.3, 0.4) is 0 Å². The molecule has 2 aromatic rings. The van der Waals surface area contributed by atoms with Gasteiger partial charge < -0.3 is 10.1 Å². The van der Waals surface area contributed by atoms with Crippen molar-refractivity contribution in [3.05, 3.63) is 53.1 Å². The van der Waals surface area contributed by atoms with Crippen molar-refractivity contribution in [2.45, 2.75) is 38.2 Å². The van der Waals surface area contributed by atoms with E-state index in [-0.39, 0.29) is 10.8 Å². The number of hydrogen-bond donors (Lipinski definition) is 2. The molecule has 27 heavy (non-hydrogen) atoms. The highest BCUT2D eigenvalue weighted by atomic mass is 35.5. The predicted octanol–water partition coefficient (Wildman–Crippen LogP) is 4.20. The Labute approximate surface area is 164 Å². The first kappa shape index (κ1) is 21.2. The summed E-state index contributed by atoms with van der Waals surface area (Å²) in [7, 11) is -3.85. The van der Waals surface area contributed by atoms with E-state index in [0.717, 1.165) is 0 Å². The van der Waals surface area contributed by atoms with Crippen LogP contribution in [0.2, 0.25) is 5.02 Å². The number of rotatable bonds is 8. The lowest BCUT2D eigenvalue weighted by Crippen LogP contribution is -2.30. The second-order valence-electron chi connectivity index (χ2n) is 5.94. The van der Waals surface area contributed by atoms with Crippen LogP contribution in [-0.2, 0) is 19.6 Å². The van der Waals surface area contributed by atoms with Gasteiger partial charge in [-0.25, -0.2) is 8.42 Å². The fourth-order valence-corrected chi connectivity index (χ4v) is 4.04. The molecule has 0 heterocycles. The number of carbonyl (C=O) groups excluding carboxylic acids is 1. The van der Waals surface area contributed by atoms with E-state index in [1.165, 1.54) is 12.1 Å². The number of aryl methyl sites for hydroxylation is 1. The van der Waals surface area contributed by atoms with Crippen molar-refractivity contribution in [3.8, 4) is 0 Å². The first-order valence-electron chi connectivity index (χ1n) is 8.58. The Morgan fingerprint density at radius 2 is 1.89 bits per heavy atom. The van der Waals surface area contributed by atoms with Crippen LogP contribution in [0.25, 0.3) is 0 Å². The molecule has 0 bridgehead atoms. The lowest BCUT2D eigenvalue weighted by atomic mass is 10.2. The van der Waals surface area contributed by atoms with Gasteiger partial charge in [-0.15, -0.1) is 0 Å². The van der Waals surface area contributed by atoms with Gasteiger partial charge in [0.1, 0.15) is 6.10 Å². The third-order valence-corrected chi connectivity index (χ3v) is 5.61. The molecule has 8 heteroatoms. The number of hydrogen-bond acceptors (Lipinski definition) is 4. The normalized spacial score (nSPS) is 12.4. The van der Waals surface area contributed by atoms with E-state index < -0.39 is 16.1 Å². The maximum Gasteiger partial charge on any atom is 0.262 e. The van der Waals surface area contributed by atoms with Crippen LogP contribution in [0.4, 0.5) is 11.4 Å². The molecule has 0 aliphatic rings. The molecule has 0 fully saturated rings. The van der Waals surface area contributed by atoms with Crippen molar-refractivity contribution >= 4 is 38.9 Å². The van der Waals surface area contributed by atoms with E-state index in [0.29, 0.717) is 35.0 Å². The molecule has 6 nitrogen and oxygen atoms in total. The first-order valence-corrected chi connectivity index (χ1v) is 10.4. The lowest BCUT2D eigenvalue weighted by molar-refractivity contribution is -0.127. The summed E-state index contributed by atoms with van der Waals surface area (Å²) < 4.78 is 33.4. The van der Waals surface area contributed by atoms with Gasteiger partial charge in [-0.1, -0.05) is 30.7 Å². The summed E-state index contributed by atoms with van der Waals surface area (Å²) in [4.78, 5) is 12.4. The Balaban J connectivity index is 2.27. The zero-order valence-electron chi connectivity index (χ0n) is 15.5. The van der Waals surface area contributed by atoms with Crippen LogP contribution in [0.15, 0.2) is 47.4 Å². The van der Waals surface area contributed by atoms with Crippen LogP contribution in [0.5, 0.6) is 0 Å². The predicted molar refractivity (Wildman–Crippen MR) is 108 cm³/mol. The molecule has 1 unspecified atom stereocenters. The molecule has 1 amide bonds. The maximum atomic E-state index is 12.8. The molecule has 0 saturated carbocycles. The molecular formula is C19H23ClN2O4S. The SMILES string of the molecule is CCOC(CC)C(=O)Nc1ccc(C)c(S(=O)(=O)Nc2cccc(Cl)c2)c1. The summed E-state index contributed by atoms with van der Waals surface area (Å²) in [6.45, 7) is 5.77. The van der Waals surface area contributed by atoms with Crippen molar-refractivity contribution in [1.29, 1.82) is 0 Å². The molecule has 0 radical (unpaired) electrons. The van der Waals surface area contributed by atoms with Gasteiger partial charge in [-0.2, -0.15) is 0 Å². The maximum absolute atomic E-state index is 12.8. The first-order chi connectivity index (χ1) is 12.8. The fourth-order valence-electron chi connectivity index (χ4n) is 2.53. The average molecular weight is 411 g/mol. The molecule has 1 atom stereocenters. The van der Waals surface area contributed by atoms with Crippen LogP contribution in [0.1, 0.15) is 25.8 Å². The topological polar surface area (TPSA) is 84.5 Å². The number of sulfonamides is 1. The zero-order valence-corrected chi connectivity index (χ0v) is 17.0. The minimum absolute atomic E-state index is 0.0738. The second kappa shape index (κ2) is 9.21. The smallest absolute Gasteiger partial charge is 0.262 e. The number of amides is 1. The number of anilines is 2. The van der Waals surface area contributed by atoms with Crippen molar-refractivity contribution in [1.82, 2.24) is 0 Å². The minimum Gasteiger partial charge on any atom is -0.369 e. The Hall–Kier alpha value is -2.09. The molecule has 0 aromatic heterocycles. The van der Waals surface area contributed by atoms with E-state index in [1.54, 1.807) is 37.3 Å². The van der Waals surface area contributed by atoms with Gasteiger partial charge >= 0.3 is 0 Å². The Morgan fingerprint density at radius 1 is 1.15 bits per heavy atom. The minimum atomic E-state index is -3.85. The highest BCUT2D eigenvalue weighted by molar-refractivity contribution is 7.92. The number of nitrogens with one attached hydrogen (secondary N) is 2. The molecule has 2 aromatic carbocycles. The number of ether oxygens (including phenoxy) is 1. The fraction of sp³-hybridized carbons (Fsp3) is 0.316. The lowest BCUT2D eigenvalue weighted by Gasteiger charge is -2.16. The van der Waals surface area contributed by atoms with E-state index in [4.69, 9.17) is 16.3 Å². The van der Waals surface area contributed by atoms with Crippen LogP contribution in [-0.4, -0.2) is 27.0 Å². The van der Waals surface area contributed by atoms with Crippen LogP contribution >= 0.6 is 11.6 Å². The standard InChI is InChI=1S/C19H23ClN2O4S/c1-4-17(26-5-2)19(23)21-15-10-9-13(3)18(12-15)27(24,25)22-16-8-6-7-14(20)11-16/h6-12,17,22H,4-5H2,1-3H3,(H,21,23). The molecule has 0 spiro atoms. The van der Waals surface area contributed by atoms with Gasteiger partial charge in [0, 0.05) is 17.3 Å². The van der Waals surface area contributed by atoms with Crippen molar-refractivity contribution < 1.29 is 17.9 Å². The Kier molecular flexibility index (Phi) is 7.24. The third kappa shape index (κ3) is 5.69. The zero-order chi connectivity index (χ0) is 20.0. The Morgan fingerprint density at radius 3 is 2.52 bits per heavy atom. The number of benzene rings is 2. The van der Waals surface area contributed by atoms with Gasteiger partial charge in [0.15, 0.2) is 0 Å². The largest absolute Gasteiger partial charge is 0.369 e. The van der Waals surface area contributed by atoms with Gasteiger partial charge in [-0.05, 0) is 56.2 Å². The van der Waals surface area contributed by atoms with Crippen LogP contribution in [0, 0.1) is 6.92 Å². The molecule has 0 aliphatic carbocycles. The summed E-state index contributed by atoms with van der Waals surface area (Å²) >= 11 is 5.91. The van der Waals surface area contributed by atoms with Gasteiger partial charge in [-0.3, -0.25) is 9.52 Å². The summed E-state index contributed by atoms with van der Waals surface area (Å²) in [6.07, 6.45) is -0.0616. The highest BCUT2D eigenvalue weighted by Crippen LogP contribution is 2.24. The summed E-state index contributed by atoms with van der Waals surface area (Å²) in [5.74, 6) is -0.311. The highest BCUT2D eigenvalue weighted by Gasteiger charge is 2.20. The third-order valence-electron chi connectivity index (χ3n) is 3.85.